The van der Waals surface area contributed by atoms with Gasteiger partial charge < -0.3 is 10.8 Å². The van der Waals surface area contributed by atoms with Gasteiger partial charge in [0, 0.05) is 0 Å². The molecule has 0 aromatic rings. The van der Waals surface area contributed by atoms with Crippen LogP contribution in [0, 0.1) is 29.1 Å². The summed E-state index contributed by atoms with van der Waals surface area (Å²) in [6, 6.07) is 0. The van der Waals surface area contributed by atoms with E-state index in [9.17, 15) is 9.18 Å². The van der Waals surface area contributed by atoms with Gasteiger partial charge in [0.05, 0.1) is 6.42 Å². The van der Waals surface area contributed by atoms with Crippen LogP contribution in [0.4, 0.5) is 4.39 Å². The van der Waals surface area contributed by atoms with Gasteiger partial charge in [-0.05, 0) is 54.9 Å². The number of hydrogen-bond acceptors (Lipinski definition) is 2. The van der Waals surface area contributed by atoms with E-state index in [0.717, 1.165) is 12.8 Å². The number of halogens is 1. The van der Waals surface area contributed by atoms with Crippen molar-refractivity contribution < 1.29 is 14.3 Å². The molecule has 4 heteroatoms. The Labute approximate surface area is 94.2 Å². The lowest BCUT2D eigenvalue weighted by atomic mass is 9.47. The molecule has 0 aromatic heterocycles. The zero-order chi connectivity index (χ0) is 11.5. The second-order valence-corrected chi connectivity index (χ2v) is 5.79. The third kappa shape index (κ3) is 1.04. The van der Waals surface area contributed by atoms with E-state index in [4.69, 9.17) is 10.8 Å². The van der Waals surface area contributed by atoms with Crippen LogP contribution in [0.25, 0.3) is 0 Å². The monoisotopic (exact) mass is 227 g/mol. The average Bonchev–Trinajstić information content (AvgIpc) is 2.73. The van der Waals surface area contributed by atoms with Crippen LogP contribution >= 0.6 is 0 Å². The van der Waals surface area contributed by atoms with Gasteiger partial charge in [-0.25, -0.2) is 4.39 Å². The smallest absolute Gasteiger partial charge is 0.303 e. The van der Waals surface area contributed by atoms with E-state index in [1.165, 1.54) is 0 Å². The fourth-order valence-electron chi connectivity index (χ4n) is 4.99. The molecular weight excluding hydrogens is 209 g/mol. The van der Waals surface area contributed by atoms with Crippen molar-refractivity contribution in [2.75, 3.05) is 6.54 Å². The molecule has 0 spiro atoms. The highest BCUT2D eigenvalue weighted by molar-refractivity contribution is 5.68. The van der Waals surface area contributed by atoms with E-state index in [0.29, 0.717) is 24.8 Å². The number of rotatable bonds is 3. The van der Waals surface area contributed by atoms with Crippen LogP contribution in [0.15, 0.2) is 0 Å². The van der Waals surface area contributed by atoms with Crippen LogP contribution in [-0.2, 0) is 4.79 Å². The number of carboxylic acid groups (broad SMARTS) is 1. The number of carbonyl (C=O) groups is 1. The zero-order valence-electron chi connectivity index (χ0n) is 9.23. The van der Waals surface area contributed by atoms with Crippen LogP contribution in [0.2, 0.25) is 0 Å². The minimum absolute atomic E-state index is 0.134. The van der Waals surface area contributed by atoms with Crippen molar-refractivity contribution in [2.45, 2.75) is 31.9 Å². The van der Waals surface area contributed by atoms with Crippen molar-refractivity contribution in [3.63, 3.8) is 0 Å². The molecule has 3 rings (SSSR count). The van der Waals surface area contributed by atoms with Crippen LogP contribution in [0.5, 0.6) is 0 Å². The van der Waals surface area contributed by atoms with Crippen LogP contribution in [-0.4, -0.2) is 23.8 Å². The predicted octanol–water partition coefficient (Wildman–Crippen LogP) is 1.42. The molecule has 2 unspecified atom stereocenters. The first-order valence-electron chi connectivity index (χ1n) is 6.16. The van der Waals surface area contributed by atoms with Crippen molar-refractivity contribution in [1.82, 2.24) is 0 Å². The molecule has 0 radical (unpaired) electrons. The summed E-state index contributed by atoms with van der Waals surface area (Å²) < 4.78 is 13.8. The maximum absolute atomic E-state index is 13.8. The minimum Gasteiger partial charge on any atom is -0.481 e. The Morgan fingerprint density at radius 3 is 2.81 bits per heavy atom. The molecule has 3 saturated carbocycles. The Balaban J connectivity index is 1.89. The van der Waals surface area contributed by atoms with E-state index >= 15 is 0 Å². The molecule has 90 valence electrons. The molecule has 0 aliphatic heterocycles. The molecule has 0 heterocycles. The summed E-state index contributed by atoms with van der Waals surface area (Å²) >= 11 is 0. The van der Waals surface area contributed by atoms with Crippen molar-refractivity contribution >= 4 is 5.97 Å². The Morgan fingerprint density at radius 1 is 1.44 bits per heavy atom. The fourth-order valence-corrected chi connectivity index (χ4v) is 4.99. The second-order valence-electron chi connectivity index (χ2n) is 5.79. The van der Waals surface area contributed by atoms with Gasteiger partial charge >= 0.3 is 5.97 Å². The quantitative estimate of drug-likeness (QED) is 0.766. The van der Waals surface area contributed by atoms with E-state index in [2.05, 4.69) is 0 Å². The van der Waals surface area contributed by atoms with Gasteiger partial charge in [0.25, 0.3) is 0 Å². The lowest BCUT2D eigenvalue weighted by Crippen LogP contribution is -2.58. The highest BCUT2D eigenvalue weighted by Crippen LogP contribution is 2.72. The second kappa shape index (κ2) is 3.19. The molecule has 0 aromatic carbocycles. The van der Waals surface area contributed by atoms with Crippen molar-refractivity contribution in [3.8, 4) is 0 Å². The number of hydrogen-bond donors (Lipinski definition) is 2. The third-order valence-electron chi connectivity index (χ3n) is 5.52. The Hall–Kier alpha value is -0.640. The summed E-state index contributed by atoms with van der Waals surface area (Å²) in [7, 11) is 0. The first-order chi connectivity index (χ1) is 7.60. The molecule has 3 aliphatic carbocycles. The summed E-state index contributed by atoms with van der Waals surface area (Å²) in [5, 5.41) is 9.01. The van der Waals surface area contributed by atoms with Gasteiger partial charge in [0.1, 0.15) is 6.17 Å². The van der Waals surface area contributed by atoms with Crippen LogP contribution < -0.4 is 5.73 Å². The number of alkyl halides is 1. The maximum Gasteiger partial charge on any atom is 0.303 e. The topological polar surface area (TPSA) is 63.3 Å². The maximum atomic E-state index is 13.8. The van der Waals surface area contributed by atoms with Gasteiger partial charge in [0.15, 0.2) is 0 Å². The molecule has 3 nitrogen and oxygen atoms in total. The summed E-state index contributed by atoms with van der Waals surface area (Å²) in [6.45, 7) is 0.407. The molecule has 16 heavy (non-hydrogen) atoms. The molecule has 0 saturated heterocycles. The lowest BCUT2D eigenvalue weighted by molar-refractivity contribution is -0.153. The first kappa shape index (κ1) is 10.5. The number of carboxylic acids is 1. The van der Waals surface area contributed by atoms with Gasteiger partial charge in [-0.15, -0.1) is 0 Å². The van der Waals surface area contributed by atoms with Crippen LogP contribution in [0.1, 0.15) is 25.7 Å². The first-order valence-corrected chi connectivity index (χ1v) is 6.16. The van der Waals surface area contributed by atoms with Gasteiger partial charge in [0.2, 0.25) is 0 Å². The van der Waals surface area contributed by atoms with Gasteiger partial charge in [-0.1, -0.05) is 0 Å². The molecule has 0 amide bonds. The summed E-state index contributed by atoms with van der Waals surface area (Å²) in [5.74, 6) is 0.487. The molecule has 3 fully saturated rings. The van der Waals surface area contributed by atoms with E-state index in [-0.39, 0.29) is 23.7 Å². The Bertz CT molecular complexity index is 335. The average molecular weight is 227 g/mol. The summed E-state index contributed by atoms with van der Waals surface area (Å²) in [6.07, 6.45) is 1.90. The van der Waals surface area contributed by atoms with Crippen molar-refractivity contribution in [2.24, 2.45) is 34.8 Å². The number of nitrogens with two attached hydrogens (primary N) is 1. The minimum atomic E-state index is -0.783. The molecule has 0 bridgehead atoms. The van der Waals surface area contributed by atoms with Gasteiger partial charge in [-0.2, -0.15) is 0 Å². The Kier molecular flexibility index (Phi) is 2.09. The Morgan fingerprint density at radius 2 is 2.19 bits per heavy atom. The standard InChI is InChI=1S/C12H18FNO2/c13-9-3-8-11-6(9)1-2-7(11)12(8,5-14)4-10(15)16/h6-9,11H,1-5,14H2,(H,15,16)/t6?,7-,8+,9?,11+,12+/m0/s1. The highest BCUT2D eigenvalue weighted by atomic mass is 19.1. The molecule has 6 atom stereocenters. The number of aliphatic carboxylic acids is 1. The largest absolute Gasteiger partial charge is 0.481 e. The highest BCUT2D eigenvalue weighted by Gasteiger charge is 2.70. The van der Waals surface area contributed by atoms with E-state index in [1.807, 2.05) is 0 Å². The molecular formula is C12H18FNO2. The van der Waals surface area contributed by atoms with Crippen molar-refractivity contribution in [3.05, 3.63) is 0 Å². The zero-order valence-corrected chi connectivity index (χ0v) is 9.23. The fraction of sp³-hybridized carbons (Fsp3) is 0.917. The van der Waals surface area contributed by atoms with Crippen LogP contribution in [0.3, 0.4) is 0 Å². The summed E-state index contributed by atoms with van der Waals surface area (Å²) in [4.78, 5) is 11.0. The van der Waals surface area contributed by atoms with Crippen molar-refractivity contribution in [1.29, 1.82) is 0 Å². The molecule has 3 aliphatic rings. The summed E-state index contributed by atoms with van der Waals surface area (Å²) in [5.41, 5.74) is 5.53. The predicted molar refractivity (Wildman–Crippen MR) is 56.4 cm³/mol. The third-order valence-corrected chi connectivity index (χ3v) is 5.52. The normalized spacial score (nSPS) is 53.5. The van der Waals surface area contributed by atoms with Gasteiger partial charge in [-0.3, -0.25) is 4.79 Å². The molecule has 3 N–H and O–H groups in total. The van der Waals surface area contributed by atoms with E-state index < -0.39 is 12.1 Å². The lowest BCUT2D eigenvalue weighted by Gasteiger charge is -2.57. The SMILES string of the molecule is NC[C@@]1(CC(=O)O)[C@@H]2CC(F)C3CC[C@H]1[C@@H]32. The van der Waals surface area contributed by atoms with E-state index in [1.54, 1.807) is 0 Å².